The molecule has 1 aliphatic heterocycles. The number of rotatable bonds is 6. The number of hydrogen-bond donors (Lipinski definition) is 1. The lowest BCUT2D eigenvalue weighted by atomic mass is 9.85. The first kappa shape index (κ1) is 23.0. The predicted molar refractivity (Wildman–Crippen MR) is 122 cm³/mol. The molecule has 0 aliphatic carbocycles. The fourth-order valence-electron chi connectivity index (χ4n) is 3.74. The van der Waals surface area contributed by atoms with Crippen LogP contribution in [0.5, 0.6) is 5.75 Å². The molecule has 1 aromatic carbocycles. The SMILES string of the molecule is COCCN1C(=O)C(=O)/C(=C(/O)c2cc(C(C)(C)C)ccc2OC)C1c1sccc1C. The van der Waals surface area contributed by atoms with Gasteiger partial charge in [-0.3, -0.25) is 9.59 Å². The molecule has 1 aliphatic rings. The topological polar surface area (TPSA) is 76.1 Å². The first-order valence-corrected chi connectivity index (χ1v) is 11.0. The number of carbonyl (C=O) groups is 2. The Hall–Kier alpha value is -2.64. The van der Waals surface area contributed by atoms with Crippen LogP contribution in [0.3, 0.4) is 0 Å². The summed E-state index contributed by atoms with van der Waals surface area (Å²) in [6.07, 6.45) is 0. The maximum Gasteiger partial charge on any atom is 0.295 e. The lowest BCUT2D eigenvalue weighted by Gasteiger charge is -2.25. The molecule has 7 heteroatoms. The lowest BCUT2D eigenvalue weighted by molar-refractivity contribution is -0.140. The van der Waals surface area contributed by atoms with Crippen LogP contribution in [0.1, 0.15) is 48.4 Å². The zero-order chi connectivity index (χ0) is 22.9. The standard InChI is InChI=1S/C24H29NO5S/c1-14-9-12-31-22(14)19-18(21(27)23(28)25(19)10-11-29-5)20(26)16-13-15(24(2,3)4)7-8-17(16)30-6/h7-9,12-13,19,26H,10-11H2,1-6H3/b20-18+. The summed E-state index contributed by atoms with van der Waals surface area (Å²) >= 11 is 1.46. The van der Waals surface area contributed by atoms with Gasteiger partial charge in [0.05, 0.1) is 30.9 Å². The molecule has 1 saturated heterocycles. The maximum absolute atomic E-state index is 13.1. The minimum Gasteiger partial charge on any atom is -0.507 e. The number of aliphatic hydroxyl groups is 1. The highest BCUT2D eigenvalue weighted by Gasteiger charge is 2.47. The molecule has 1 aromatic heterocycles. The lowest BCUT2D eigenvalue weighted by Crippen LogP contribution is -2.32. The van der Waals surface area contributed by atoms with Gasteiger partial charge in [0.1, 0.15) is 11.5 Å². The summed E-state index contributed by atoms with van der Waals surface area (Å²) in [5, 5.41) is 13.3. The van der Waals surface area contributed by atoms with E-state index in [0.717, 1.165) is 16.0 Å². The van der Waals surface area contributed by atoms with Crippen molar-refractivity contribution in [3.05, 3.63) is 56.8 Å². The van der Waals surface area contributed by atoms with Crippen LogP contribution in [0.25, 0.3) is 5.76 Å². The molecule has 1 amide bonds. The van der Waals surface area contributed by atoms with Crippen molar-refractivity contribution >= 4 is 28.8 Å². The Kier molecular flexibility index (Phi) is 6.57. The number of methoxy groups -OCH3 is 2. The zero-order valence-corrected chi connectivity index (χ0v) is 19.6. The number of Topliss-reactive ketones (excluding diaryl/α,β-unsaturated/α-hetero) is 1. The van der Waals surface area contributed by atoms with Gasteiger partial charge in [-0.15, -0.1) is 11.3 Å². The van der Waals surface area contributed by atoms with Gasteiger partial charge in [-0.2, -0.15) is 0 Å². The molecule has 0 radical (unpaired) electrons. The van der Waals surface area contributed by atoms with E-state index in [-0.39, 0.29) is 29.9 Å². The van der Waals surface area contributed by atoms with E-state index in [4.69, 9.17) is 9.47 Å². The molecule has 0 saturated carbocycles. The van der Waals surface area contributed by atoms with E-state index in [2.05, 4.69) is 20.8 Å². The van der Waals surface area contributed by atoms with Crippen LogP contribution in [-0.4, -0.2) is 49.1 Å². The first-order chi connectivity index (χ1) is 14.6. The minimum atomic E-state index is -0.699. The summed E-state index contributed by atoms with van der Waals surface area (Å²) < 4.78 is 10.6. The van der Waals surface area contributed by atoms with Crippen molar-refractivity contribution in [2.75, 3.05) is 27.4 Å². The number of thiophene rings is 1. The molecule has 2 aromatic rings. The highest BCUT2D eigenvalue weighted by atomic mass is 32.1. The van der Waals surface area contributed by atoms with E-state index in [1.807, 2.05) is 30.5 Å². The summed E-state index contributed by atoms with van der Waals surface area (Å²) in [6, 6.07) is 6.82. The van der Waals surface area contributed by atoms with E-state index in [1.165, 1.54) is 23.3 Å². The molecule has 6 nitrogen and oxygen atoms in total. The average Bonchev–Trinajstić information content (AvgIpc) is 3.25. The van der Waals surface area contributed by atoms with Gasteiger partial charge < -0.3 is 19.5 Å². The van der Waals surface area contributed by atoms with Crippen molar-refractivity contribution in [2.45, 2.75) is 39.2 Å². The molecular weight excluding hydrogens is 414 g/mol. The van der Waals surface area contributed by atoms with Gasteiger partial charge in [-0.1, -0.05) is 26.8 Å². The molecule has 31 heavy (non-hydrogen) atoms. The molecule has 3 rings (SSSR count). The van der Waals surface area contributed by atoms with Crippen LogP contribution in [0.4, 0.5) is 0 Å². The Morgan fingerprint density at radius 1 is 1.19 bits per heavy atom. The summed E-state index contributed by atoms with van der Waals surface area (Å²) in [6.45, 7) is 8.67. The van der Waals surface area contributed by atoms with E-state index in [9.17, 15) is 14.7 Å². The Balaban J connectivity index is 2.25. The second-order valence-corrected chi connectivity index (χ2v) is 9.57. The number of amides is 1. The van der Waals surface area contributed by atoms with E-state index < -0.39 is 17.7 Å². The summed E-state index contributed by atoms with van der Waals surface area (Å²) in [5.41, 5.74) is 2.25. The predicted octanol–water partition coefficient (Wildman–Crippen LogP) is 4.43. The van der Waals surface area contributed by atoms with Crippen LogP contribution in [0, 0.1) is 6.92 Å². The number of hydrogen-bond acceptors (Lipinski definition) is 6. The van der Waals surface area contributed by atoms with Gasteiger partial charge in [0.25, 0.3) is 11.7 Å². The summed E-state index contributed by atoms with van der Waals surface area (Å²) in [5.74, 6) is -1.12. The molecule has 1 atom stereocenters. The van der Waals surface area contributed by atoms with Gasteiger partial charge in [-0.25, -0.2) is 0 Å². The fourth-order valence-corrected chi connectivity index (χ4v) is 4.79. The van der Waals surface area contributed by atoms with Crippen molar-refractivity contribution in [2.24, 2.45) is 0 Å². The Morgan fingerprint density at radius 3 is 2.45 bits per heavy atom. The number of ketones is 1. The number of ether oxygens (including phenoxy) is 2. The third-order valence-corrected chi connectivity index (χ3v) is 6.62. The van der Waals surface area contributed by atoms with Crippen molar-refractivity contribution in [3.63, 3.8) is 0 Å². The Morgan fingerprint density at radius 2 is 1.90 bits per heavy atom. The monoisotopic (exact) mass is 443 g/mol. The normalized spacial score (nSPS) is 18.6. The zero-order valence-electron chi connectivity index (χ0n) is 18.8. The third-order valence-electron chi connectivity index (χ3n) is 5.55. The van der Waals surface area contributed by atoms with Gasteiger partial charge in [0, 0.05) is 18.5 Å². The summed E-state index contributed by atoms with van der Waals surface area (Å²) in [4.78, 5) is 28.3. The third kappa shape index (κ3) is 4.25. The van der Waals surface area contributed by atoms with Crippen LogP contribution < -0.4 is 4.74 Å². The van der Waals surface area contributed by atoms with Gasteiger partial charge in [-0.05, 0) is 47.0 Å². The van der Waals surface area contributed by atoms with Crippen molar-refractivity contribution in [1.82, 2.24) is 4.90 Å². The number of likely N-dealkylation sites (tertiary alicyclic amines) is 1. The van der Waals surface area contributed by atoms with Crippen LogP contribution in [0.15, 0.2) is 35.2 Å². The van der Waals surface area contributed by atoms with Crippen LogP contribution in [0.2, 0.25) is 0 Å². The smallest absolute Gasteiger partial charge is 0.295 e. The largest absolute Gasteiger partial charge is 0.507 e. The maximum atomic E-state index is 13.1. The second-order valence-electron chi connectivity index (χ2n) is 8.62. The number of benzene rings is 1. The average molecular weight is 444 g/mol. The van der Waals surface area contributed by atoms with Crippen LogP contribution in [-0.2, 0) is 19.7 Å². The van der Waals surface area contributed by atoms with Crippen molar-refractivity contribution in [3.8, 4) is 5.75 Å². The molecule has 1 fully saturated rings. The number of carbonyl (C=O) groups excluding carboxylic acids is 2. The molecular formula is C24H29NO5S. The molecule has 1 unspecified atom stereocenters. The van der Waals surface area contributed by atoms with Gasteiger partial charge >= 0.3 is 0 Å². The fraction of sp³-hybridized carbons (Fsp3) is 0.417. The number of aryl methyl sites for hydroxylation is 1. The van der Waals surface area contributed by atoms with Crippen molar-refractivity contribution < 1.29 is 24.2 Å². The van der Waals surface area contributed by atoms with Crippen molar-refractivity contribution in [1.29, 1.82) is 0 Å². The van der Waals surface area contributed by atoms with Crippen LogP contribution >= 0.6 is 11.3 Å². The molecule has 2 heterocycles. The second kappa shape index (κ2) is 8.85. The highest BCUT2D eigenvalue weighted by Crippen LogP contribution is 2.44. The molecule has 0 spiro atoms. The Bertz CT molecular complexity index is 1030. The quantitative estimate of drug-likeness (QED) is 0.406. The van der Waals surface area contributed by atoms with E-state index >= 15 is 0 Å². The first-order valence-electron chi connectivity index (χ1n) is 10.1. The molecule has 0 bridgehead atoms. The van der Waals surface area contributed by atoms with E-state index in [1.54, 1.807) is 13.2 Å². The van der Waals surface area contributed by atoms with Gasteiger partial charge in [0.2, 0.25) is 0 Å². The summed E-state index contributed by atoms with van der Waals surface area (Å²) in [7, 11) is 3.06. The number of aliphatic hydroxyl groups excluding tert-OH is 1. The number of nitrogens with zero attached hydrogens (tertiary/aromatic N) is 1. The van der Waals surface area contributed by atoms with E-state index in [0.29, 0.717) is 11.3 Å². The van der Waals surface area contributed by atoms with Gasteiger partial charge in [0.15, 0.2) is 0 Å². The minimum absolute atomic E-state index is 0.0796. The molecule has 166 valence electrons. The highest BCUT2D eigenvalue weighted by molar-refractivity contribution is 7.10. The Labute approximate surface area is 187 Å². The molecule has 1 N–H and O–H groups in total.